The van der Waals surface area contributed by atoms with Gasteiger partial charge in [-0.2, -0.15) is 5.26 Å². The SMILES string of the molecule is N#Cc1nccnc1N1CCC(CNC(=O)COc2ccc(Cl)cc2)CC1. The molecule has 0 unspecified atom stereocenters. The van der Waals surface area contributed by atoms with Crippen LogP contribution >= 0.6 is 11.6 Å². The Kier molecular flexibility index (Phi) is 6.44. The fraction of sp³-hybridized carbons (Fsp3) is 0.368. The summed E-state index contributed by atoms with van der Waals surface area (Å²) in [7, 11) is 0. The normalized spacial score (nSPS) is 14.4. The van der Waals surface area contributed by atoms with Gasteiger partial charge < -0.3 is 15.0 Å². The summed E-state index contributed by atoms with van der Waals surface area (Å²) in [5.41, 5.74) is 0.351. The number of ether oxygens (including phenoxy) is 1. The van der Waals surface area contributed by atoms with Crippen LogP contribution < -0.4 is 15.0 Å². The molecule has 140 valence electrons. The molecule has 0 spiro atoms. The molecule has 1 fully saturated rings. The number of nitrogens with one attached hydrogen (secondary N) is 1. The predicted molar refractivity (Wildman–Crippen MR) is 102 cm³/mol. The lowest BCUT2D eigenvalue weighted by molar-refractivity contribution is -0.123. The number of nitrogens with zero attached hydrogens (tertiary/aromatic N) is 4. The van der Waals surface area contributed by atoms with Gasteiger partial charge in [-0.05, 0) is 43.0 Å². The summed E-state index contributed by atoms with van der Waals surface area (Å²) in [6.07, 6.45) is 4.96. The van der Waals surface area contributed by atoms with Crippen LogP contribution in [0.2, 0.25) is 5.02 Å². The molecule has 2 heterocycles. The van der Waals surface area contributed by atoms with E-state index in [2.05, 4.69) is 26.3 Å². The second-order valence-corrected chi connectivity index (χ2v) is 6.75. The minimum atomic E-state index is -0.145. The number of carbonyl (C=O) groups is 1. The summed E-state index contributed by atoms with van der Waals surface area (Å²) in [4.78, 5) is 22.4. The first kappa shape index (κ1) is 18.9. The van der Waals surface area contributed by atoms with Gasteiger partial charge in [0.25, 0.3) is 5.91 Å². The Bertz CT molecular complexity index is 814. The van der Waals surface area contributed by atoms with Crippen molar-refractivity contribution in [3.05, 3.63) is 47.4 Å². The van der Waals surface area contributed by atoms with Crippen molar-refractivity contribution in [1.82, 2.24) is 15.3 Å². The summed E-state index contributed by atoms with van der Waals surface area (Å²) < 4.78 is 5.44. The van der Waals surface area contributed by atoms with Gasteiger partial charge in [0.05, 0.1) is 0 Å². The van der Waals surface area contributed by atoms with E-state index in [0.29, 0.717) is 34.7 Å². The topological polar surface area (TPSA) is 91.1 Å². The molecule has 1 aromatic carbocycles. The maximum absolute atomic E-state index is 12.0. The summed E-state index contributed by atoms with van der Waals surface area (Å²) >= 11 is 5.81. The maximum atomic E-state index is 12.0. The smallest absolute Gasteiger partial charge is 0.257 e. The van der Waals surface area contributed by atoms with Crippen LogP contribution in [0.5, 0.6) is 5.75 Å². The van der Waals surface area contributed by atoms with Crippen molar-refractivity contribution >= 4 is 23.3 Å². The Balaban J connectivity index is 1.40. The van der Waals surface area contributed by atoms with Crippen LogP contribution in [0.4, 0.5) is 5.82 Å². The van der Waals surface area contributed by atoms with Gasteiger partial charge in [0.2, 0.25) is 0 Å². The summed E-state index contributed by atoms with van der Waals surface area (Å²) in [5.74, 6) is 1.50. The third-order valence-corrected chi connectivity index (χ3v) is 4.72. The van der Waals surface area contributed by atoms with E-state index in [9.17, 15) is 4.79 Å². The number of hydrogen-bond donors (Lipinski definition) is 1. The van der Waals surface area contributed by atoms with Gasteiger partial charge in [0.15, 0.2) is 18.1 Å². The van der Waals surface area contributed by atoms with Crippen molar-refractivity contribution in [2.75, 3.05) is 31.1 Å². The van der Waals surface area contributed by atoms with E-state index in [1.807, 2.05) is 0 Å². The number of nitriles is 1. The number of piperidine rings is 1. The van der Waals surface area contributed by atoms with Crippen molar-refractivity contribution in [2.45, 2.75) is 12.8 Å². The van der Waals surface area contributed by atoms with Crippen LogP contribution in [0.1, 0.15) is 18.5 Å². The van der Waals surface area contributed by atoms with Crippen LogP contribution in [0.3, 0.4) is 0 Å². The Morgan fingerprint density at radius 3 is 2.67 bits per heavy atom. The molecule has 1 aliphatic heterocycles. The van der Waals surface area contributed by atoms with Crippen LogP contribution in [0, 0.1) is 17.2 Å². The molecule has 3 rings (SSSR count). The molecule has 0 aliphatic carbocycles. The maximum Gasteiger partial charge on any atom is 0.257 e. The molecular formula is C19H20ClN5O2. The predicted octanol–water partition coefficient (Wildman–Crippen LogP) is 2.41. The molecule has 1 saturated heterocycles. The van der Waals surface area contributed by atoms with Gasteiger partial charge in [-0.15, -0.1) is 0 Å². The molecule has 27 heavy (non-hydrogen) atoms. The number of carbonyl (C=O) groups excluding carboxylic acids is 1. The van der Waals surface area contributed by atoms with Gasteiger partial charge >= 0.3 is 0 Å². The third kappa shape index (κ3) is 5.31. The molecular weight excluding hydrogens is 366 g/mol. The molecule has 1 aromatic heterocycles. The van der Waals surface area contributed by atoms with E-state index in [1.54, 1.807) is 30.5 Å². The summed E-state index contributed by atoms with van der Waals surface area (Å²) in [5, 5.41) is 12.7. The zero-order valence-electron chi connectivity index (χ0n) is 14.8. The van der Waals surface area contributed by atoms with E-state index in [-0.39, 0.29) is 12.5 Å². The van der Waals surface area contributed by atoms with Crippen molar-refractivity contribution in [3.8, 4) is 11.8 Å². The number of halogens is 1. The highest BCUT2D eigenvalue weighted by Crippen LogP contribution is 2.23. The van der Waals surface area contributed by atoms with Crippen LogP contribution in [0.25, 0.3) is 0 Å². The molecule has 0 saturated carbocycles. The fourth-order valence-electron chi connectivity index (χ4n) is 2.98. The second-order valence-electron chi connectivity index (χ2n) is 6.32. The molecule has 0 radical (unpaired) electrons. The van der Waals surface area contributed by atoms with Crippen LogP contribution in [0.15, 0.2) is 36.7 Å². The highest BCUT2D eigenvalue weighted by atomic mass is 35.5. The highest BCUT2D eigenvalue weighted by Gasteiger charge is 2.22. The lowest BCUT2D eigenvalue weighted by atomic mass is 9.96. The number of anilines is 1. The van der Waals surface area contributed by atoms with E-state index in [1.165, 1.54) is 6.20 Å². The van der Waals surface area contributed by atoms with Gasteiger partial charge in [-0.25, -0.2) is 9.97 Å². The first-order chi connectivity index (χ1) is 13.2. The van der Waals surface area contributed by atoms with E-state index < -0.39 is 0 Å². The van der Waals surface area contributed by atoms with Gasteiger partial charge in [-0.1, -0.05) is 11.6 Å². The summed E-state index contributed by atoms with van der Waals surface area (Å²) in [6.45, 7) is 2.16. The Morgan fingerprint density at radius 1 is 1.26 bits per heavy atom. The molecule has 1 amide bonds. The Labute approximate surface area is 162 Å². The molecule has 0 bridgehead atoms. The first-order valence-electron chi connectivity index (χ1n) is 8.77. The van der Waals surface area contributed by atoms with Crippen molar-refractivity contribution < 1.29 is 9.53 Å². The van der Waals surface area contributed by atoms with Crippen molar-refractivity contribution in [2.24, 2.45) is 5.92 Å². The lowest BCUT2D eigenvalue weighted by Gasteiger charge is -2.32. The number of aromatic nitrogens is 2. The van der Waals surface area contributed by atoms with Crippen molar-refractivity contribution in [1.29, 1.82) is 5.26 Å². The number of hydrogen-bond acceptors (Lipinski definition) is 6. The van der Waals surface area contributed by atoms with Gasteiger partial charge in [-0.3, -0.25) is 4.79 Å². The number of benzene rings is 1. The molecule has 1 N–H and O–H groups in total. The molecule has 1 aliphatic rings. The van der Waals surface area contributed by atoms with E-state index in [0.717, 1.165) is 25.9 Å². The molecule has 2 aromatic rings. The Hall–Kier alpha value is -2.85. The quantitative estimate of drug-likeness (QED) is 0.821. The van der Waals surface area contributed by atoms with Gasteiger partial charge in [0, 0.05) is 37.1 Å². The van der Waals surface area contributed by atoms with Crippen LogP contribution in [-0.4, -0.2) is 42.1 Å². The average Bonchev–Trinajstić information content (AvgIpc) is 2.72. The van der Waals surface area contributed by atoms with Crippen LogP contribution in [-0.2, 0) is 4.79 Å². The standard InChI is InChI=1S/C19H20ClN5O2/c20-15-1-3-16(4-2-15)27-13-18(26)24-12-14-5-9-25(10-6-14)19-17(11-21)22-7-8-23-19/h1-4,7-8,14H,5-6,9-10,12-13H2,(H,24,26). The zero-order valence-corrected chi connectivity index (χ0v) is 15.5. The van der Waals surface area contributed by atoms with E-state index >= 15 is 0 Å². The highest BCUT2D eigenvalue weighted by molar-refractivity contribution is 6.30. The first-order valence-corrected chi connectivity index (χ1v) is 9.14. The monoisotopic (exact) mass is 385 g/mol. The molecule has 0 atom stereocenters. The Morgan fingerprint density at radius 2 is 1.96 bits per heavy atom. The third-order valence-electron chi connectivity index (χ3n) is 4.47. The minimum absolute atomic E-state index is 0.0222. The molecule has 7 nitrogen and oxygen atoms in total. The van der Waals surface area contributed by atoms with E-state index in [4.69, 9.17) is 21.6 Å². The number of amides is 1. The summed E-state index contributed by atoms with van der Waals surface area (Å²) in [6, 6.07) is 8.98. The second kappa shape index (κ2) is 9.19. The van der Waals surface area contributed by atoms with Crippen molar-refractivity contribution in [3.63, 3.8) is 0 Å². The minimum Gasteiger partial charge on any atom is -0.484 e. The largest absolute Gasteiger partial charge is 0.484 e. The molecule has 8 heteroatoms. The van der Waals surface area contributed by atoms with Gasteiger partial charge in [0.1, 0.15) is 11.8 Å². The number of rotatable bonds is 6. The lowest BCUT2D eigenvalue weighted by Crippen LogP contribution is -2.40. The zero-order chi connectivity index (χ0) is 19.1. The average molecular weight is 386 g/mol. The fourth-order valence-corrected chi connectivity index (χ4v) is 3.10.